The number of esters is 1. The lowest BCUT2D eigenvalue weighted by Crippen LogP contribution is -2.30. The highest BCUT2D eigenvalue weighted by Gasteiger charge is 2.24. The number of sulfonamides is 1. The molecule has 0 fully saturated rings. The first-order chi connectivity index (χ1) is 15.1. The van der Waals surface area contributed by atoms with E-state index in [-0.39, 0.29) is 10.5 Å². The minimum atomic E-state index is -3.72. The zero-order valence-electron chi connectivity index (χ0n) is 18.0. The van der Waals surface area contributed by atoms with Gasteiger partial charge in [-0.05, 0) is 31.5 Å². The van der Waals surface area contributed by atoms with Gasteiger partial charge in [0.1, 0.15) is 0 Å². The van der Waals surface area contributed by atoms with Gasteiger partial charge in [-0.15, -0.1) is 11.3 Å². The molecule has 8 nitrogen and oxygen atoms in total. The highest BCUT2D eigenvalue weighted by atomic mass is 32.2. The van der Waals surface area contributed by atoms with Crippen LogP contribution in [0.2, 0.25) is 0 Å². The Kier molecular flexibility index (Phi) is 7.07. The molecule has 168 valence electrons. The fourth-order valence-electron chi connectivity index (χ4n) is 2.75. The molecule has 1 amide bonds. The lowest BCUT2D eigenvalue weighted by molar-refractivity contribution is -0.123. The van der Waals surface area contributed by atoms with E-state index >= 15 is 0 Å². The number of thiazole rings is 1. The molecule has 3 aromatic rings. The van der Waals surface area contributed by atoms with Crippen LogP contribution in [0, 0.1) is 6.92 Å². The van der Waals surface area contributed by atoms with Gasteiger partial charge in [0.25, 0.3) is 5.91 Å². The summed E-state index contributed by atoms with van der Waals surface area (Å²) in [5.41, 5.74) is 2.26. The second-order valence-corrected chi connectivity index (χ2v) is 10.2. The third kappa shape index (κ3) is 5.21. The summed E-state index contributed by atoms with van der Waals surface area (Å²) in [5, 5.41) is 4.85. The predicted molar refractivity (Wildman–Crippen MR) is 123 cm³/mol. The number of amides is 1. The largest absolute Gasteiger partial charge is 0.449 e. The molecule has 0 radical (unpaired) electrons. The molecule has 0 aliphatic rings. The molecule has 1 N–H and O–H groups in total. The van der Waals surface area contributed by atoms with Crippen molar-refractivity contribution in [1.82, 2.24) is 9.29 Å². The maximum absolute atomic E-state index is 12.6. The van der Waals surface area contributed by atoms with Gasteiger partial charge in [-0.25, -0.2) is 22.5 Å². The summed E-state index contributed by atoms with van der Waals surface area (Å²) < 4.78 is 31.1. The van der Waals surface area contributed by atoms with Crippen LogP contribution in [0.4, 0.5) is 5.13 Å². The van der Waals surface area contributed by atoms with Gasteiger partial charge in [0.15, 0.2) is 11.2 Å². The highest BCUT2D eigenvalue weighted by Crippen LogP contribution is 2.25. The summed E-state index contributed by atoms with van der Waals surface area (Å²) in [5.74, 6) is -1.33. The number of anilines is 1. The monoisotopic (exact) mass is 473 g/mol. The quantitative estimate of drug-likeness (QED) is 0.526. The van der Waals surface area contributed by atoms with Crippen molar-refractivity contribution in [2.75, 3.05) is 19.4 Å². The van der Waals surface area contributed by atoms with Crippen molar-refractivity contribution in [3.05, 3.63) is 65.0 Å². The average molecular weight is 474 g/mol. The number of rotatable bonds is 7. The smallest absolute Gasteiger partial charge is 0.339 e. The Labute approximate surface area is 190 Å². The molecular weight excluding hydrogens is 450 g/mol. The van der Waals surface area contributed by atoms with Crippen LogP contribution in [0.1, 0.15) is 22.8 Å². The lowest BCUT2D eigenvalue weighted by atomic mass is 10.1. The summed E-state index contributed by atoms with van der Waals surface area (Å²) >= 11 is 1.26. The Hall–Kier alpha value is -3.08. The summed E-state index contributed by atoms with van der Waals surface area (Å²) in [7, 11) is -0.908. The Morgan fingerprint density at radius 2 is 1.81 bits per heavy atom. The van der Waals surface area contributed by atoms with Crippen molar-refractivity contribution in [3.8, 4) is 11.3 Å². The zero-order chi connectivity index (χ0) is 23.5. The number of benzene rings is 2. The number of carbonyl (C=O) groups is 2. The van der Waals surface area contributed by atoms with Crippen molar-refractivity contribution in [3.63, 3.8) is 0 Å². The van der Waals surface area contributed by atoms with Crippen molar-refractivity contribution in [1.29, 1.82) is 0 Å². The molecule has 0 spiro atoms. The first kappa shape index (κ1) is 23.6. The van der Waals surface area contributed by atoms with Crippen molar-refractivity contribution < 1.29 is 22.7 Å². The standard InChI is InChI=1S/C22H23N3O5S2/c1-14-10-11-17(32(28,29)25(3)4)12-18(14)21(27)30-15(2)20(26)24-22-23-19(13-31-22)16-8-6-5-7-9-16/h5-13,15H,1-4H3,(H,23,24,26). The van der Waals surface area contributed by atoms with Gasteiger partial charge in [-0.2, -0.15) is 0 Å². The minimum Gasteiger partial charge on any atom is -0.449 e. The van der Waals surface area contributed by atoms with E-state index in [1.807, 2.05) is 35.7 Å². The van der Waals surface area contributed by atoms with Crippen molar-refractivity contribution in [2.45, 2.75) is 24.8 Å². The Morgan fingerprint density at radius 3 is 2.47 bits per heavy atom. The summed E-state index contributed by atoms with van der Waals surface area (Å²) in [6, 6.07) is 13.7. The van der Waals surface area contributed by atoms with E-state index in [9.17, 15) is 18.0 Å². The molecule has 0 aliphatic heterocycles. The third-order valence-corrected chi connectivity index (χ3v) is 7.23. The second-order valence-electron chi connectivity index (χ2n) is 7.20. The summed E-state index contributed by atoms with van der Waals surface area (Å²) in [4.78, 5) is 29.5. The number of nitrogens with zero attached hydrogens (tertiary/aromatic N) is 2. The summed E-state index contributed by atoms with van der Waals surface area (Å²) in [6.07, 6.45) is -1.11. The maximum atomic E-state index is 12.6. The number of nitrogens with one attached hydrogen (secondary N) is 1. The molecule has 10 heteroatoms. The normalized spacial score (nSPS) is 12.4. The minimum absolute atomic E-state index is 0.0339. The van der Waals surface area contributed by atoms with Crippen LogP contribution in [0.15, 0.2) is 58.8 Å². The number of aryl methyl sites for hydroxylation is 1. The number of aromatic nitrogens is 1. The third-order valence-electron chi connectivity index (χ3n) is 4.66. The second kappa shape index (κ2) is 9.60. The van der Waals surface area contributed by atoms with Crippen LogP contribution in [0.5, 0.6) is 0 Å². The van der Waals surface area contributed by atoms with Gasteiger partial charge in [-0.1, -0.05) is 36.4 Å². The molecule has 0 bridgehead atoms. The van der Waals surface area contributed by atoms with Gasteiger partial charge in [0.2, 0.25) is 10.0 Å². The lowest BCUT2D eigenvalue weighted by Gasteiger charge is -2.15. The van der Waals surface area contributed by atoms with Gasteiger partial charge >= 0.3 is 5.97 Å². The van der Waals surface area contributed by atoms with E-state index in [2.05, 4.69) is 10.3 Å². The predicted octanol–water partition coefficient (Wildman–Crippen LogP) is 3.55. The van der Waals surface area contributed by atoms with Crippen LogP contribution < -0.4 is 5.32 Å². The zero-order valence-corrected chi connectivity index (χ0v) is 19.7. The fourth-order valence-corrected chi connectivity index (χ4v) is 4.40. The summed E-state index contributed by atoms with van der Waals surface area (Å²) in [6.45, 7) is 3.10. The van der Waals surface area contributed by atoms with Crippen LogP contribution in [0.3, 0.4) is 0 Å². The molecule has 0 aliphatic carbocycles. The highest BCUT2D eigenvalue weighted by molar-refractivity contribution is 7.89. The molecule has 1 heterocycles. The molecule has 1 unspecified atom stereocenters. The molecule has 0 saturated heterocycles. The number of hydrogen-bond acceptors (Lipinski definition) is 7. The molecule has 1 atom stereocenters. The Morgan fingerprint density at radius 1 is 1.12 bits per heavy atom. The van der Waals surface area contributed by atoms with E-state index in [0.29, 0.717) is 10.7 Å². The van der Waals surface area contributed by atoms with E-state index < -0.39 is 28.0 Å². The SMILES string of the molecule is Cc1ccc(S(=O)(=O)N(C)C)cc1C(=O)OC(C)C(=O)Nc1nc(-c2ccccc2)cs1. The molecule has 2 aromatic carbocycles. The number of ether oxygens (including phenoxy) is 1. The van der Waals surface area contributed by atoms with E-state index in [4.69, 9.17) is 4.74 Å². The number of carbonyl (C=O) groups excluding carboxylic acids is 2. The van der Waals surface area contributed by atoms with Crippen LogP contribution in [-0.2, 0) is 19.6 Å². The van der Waals surface area contributed by atoms with E-state index in [0.717, 1.165) is 15.6 Å². The fraction of sp³-hybridized carbons (Fsp3) is 0.227. The van der Waals surface area contributed by atoms with Crippen molar-refractivity contribution in [2.24, 2.45) is 0 Å². The van der Waals surface area contributed by atoms with Crippen LogP contribution in [0.25, 0.3) is 11.3 Å². The van der Waals surface area contributed by atoms with Crippen LogP contribution >= 0.6 is 11.3 Å². The average Bonchev–Trinajstić information content (AvgIpc) is 3.22. The van der Waals surface area contributed by atoms with Gasteiger partial charge in [-0.3, -0.25) is 10.1 Å². The van der Waals surface area contributed by atoms with Gasteiger partial charge in [0, 0.05) is 25.0 Å². The Bertz CT molecular complexity index is 1240. The van der Waals surface area contributed by atoms with Crippen LogP contribution in [-0.4, -0.2) is 49.8 Å². The van der Waals surface area contributed by atoms with Gasteiger partial charge < -0.3 is 4.74 Å². The molecular formula is C22H23N3O5S2. The maximum Gasteiger partial charge on any atom is 0.339 e. The van der Waals surface area contributed by atoms with Gasteiger partial charge in [0.05, 0.1) is 16.2 Å². The molecule has 32 heavy (non-hydrogen) atoms. The molecule has 1 aromatic heterocycles. The topological polar surface area (TPSA) is 106 Å². The molecule has 3 rings (SSSR count). The van der Waals surface area contributed by atoms with E-state index in [1.165, 1.54) is 50.6 Å². The first-order valence-corrected chi connectivity index (χ1v) is 12.0. The van der Waals surface area contributed by atoms with E-state index in [1.54, 1.807) is 6.92 Å². The van der Waals surface area contributed by atoms with Crippen molar-refractivity contribution >= 4 is 38.4 Å². The first-order valence-electron chi connectivity index (χ1n) is 9.65. The Balaban J connectivity index is 1.69. The molecule has 0 saturated carbocycles. The number of hydrogen-bond donors (Lipinski definition) is 1.